The van der Waals surface area contributed by atoms with Gasteiger partial charge in [-0.15, -0.1) is 0 Å². The summed E-state index contributed by atoms with van der Waals surface area (Å²) >= 11 is 0. The highest BCUT2D eigenvalue weighted by atomic mass is 16.1. The Morgan fingerprint density at radius 1 is 1.12 bits per heavy atom. The molecule has 2 heteroatoms. The van der Waals surface area contributed by atoms with Gasteiger partial charge in [-0.1, -0.05) is 20.8 Å². The SMILES string of the molecule is CC(C)(C)C1CCN(C2CCC(=O)C2)CC1. The Labute approximate surface area is 99.4 Å². The molecule has 2 fully saturated rings. The van der Waals surface area contributed by atoms with E-state index in [0.29, 0.717) is 17.2 Å². The zero-order valence-electron chi connectivity index (χ0n) is 11.0. The van der Waals surface area contributed by atoms with Gasteiger partial charge in [0.05, 0.1) is 0 Å². The Bertz CT molecular complexity index is 258. The summed E-state index contributed by atoms with van der Waals surface area (Å²) in [4.78, 5) is 13.9. The van der Waals surface area contributed by atoms with Gasteiger partial charge in [0.15, 0.2) is 0 Å². The van der Waals surface area contributed by atoms with Crippen LogP contribution in [0.1, 0.15) is 52.9 Å². The maximum atomic E-state index is 11.3. The Morgan fingerprint density at radius 3 is 2.19 bits per heavy atom. The van der Waals surface area contributed by atoms with Crippen LogP contribution in [0.4, 0.5) is 0 Å². The monoisotopic (exact) mass is 223 g/mol. The van der Waals surface area contributed by atoms with Crippen molar-refractivity contribution in [3.8, 4) is 0 Å². The largest absolute Gasteiger partial charge is 0.300 e. The minimum Gasteiger partial charge on any atom is -0.300 e. The molecule has 0 aromatic carbocycles. The van der Waals surface area contributed by atoms with Crippen LogP contribution in [-0.2, 0) is 4.79 Å². The van der Waals surface area contributed by atoms with Crippen LogP contribution in [-0.4, -0.2) is 29.8 Å². The lowest BCUT2D eigenvalue weighted by atomic mass is 9.75. The molecule has 1 aliphatic carbocycles. The predicted octanol–water partition coefficient (Wildman–Crippen LogP) is 2.87. The molecule has 1 atom stereocenters. The second-order valence-corrected chi connectivity index (χ2v) is 6.61. The van der Waals surface area contributed by atoms with Gasteiger partial charge in [0.2, 0.25) is 0 Å². The van der Waals surface area contributed by atoms with Crippen molar-refractivity contribution >= 4 is 5.78 Å². The van der Waals surface area contributed by atoms with Crippen molar-refractivity contribution in [2.75, 3.05) is 13.1 Å². The molecule has 0 amide bonds. The molecule has 0 radical (unpaired) electrons. The first kappa shape index (κ1) is 12.1. The number of Topliss-reactive ketones (excluding diaryl/α,β-unsaturated/α-hetero) is 1. The van der Waals surface area contributed by atoms with E-state index in [0.717, 1.165) is 25.2 Å². The van der Waals surface area contributed by atoms with E-state index in [1.165, 1.54) is 25.9 Å². The number of carbonyl (C=O) groups excluding carboxylic acids is 1. The molecular weight excluding hydrogens is 198 g/mol. The molecule has 92 valence electrons. The van der Waals surface area contributed by atoms with Gasteiger partial charge in [-0.25, -0.2) is 0 Å². The fourth-order valence-electron chi connectivity index (χ4n) is 3.24. The van der Waals surface area contributed by atoms with Crippen molar-refractivity contribution in [2.45, 2.75) is 58.9 Å². The van der Waals surface area contributed by atoms with Gasteiger partial charge in [-0.05, 0) is 43.7 Å². The average Bonchev–Trinajstić information content (AvgIpc) is 2.64. The maximum absolute atomic E-state index is 11.3. The summed E-state index contributed by atoms with van der Waals surface area (Å²) in [5.41, 5.74) is 0.456. The molecule has 1 saturated heterocycles. The summed E-state index contributed by atoms with van der Waals surface area (Å²) in [6, 6.07) is 0.577. The third-order valence-corrected chi connectivity index (χ3v) is 4.49. The summed E-state index contributed by atoms with van der Waals surface area (Å²) < 4.78 is 0. The van der Waals surface area contributed by atoms with Crippen molar-refractivity contribution in [1.29, 1.82) is 0 Å². The summed E-state index contributed by atoms with van der Waals surface area (Å²) in [7, 11) is 0. The predicted molar refractivity (Wildman–Crippen MR) is 66.4 cm³/mol. The third kappa shape index (κ3) is 2.65. The van der Waals surface area contributed by atoms with Crippen LogP contribution in [0.2, 0.25) is 0 Å². The molecule has 0 aromatic heterocycles. The molecule has 0 N–H and O–H groups in total. The van der Waals surface area contributed by atoms with Crippen LogP contribution in [0.15, 0.2) is 0 Å². The highest BCUT2D eigenvalue weighted by molar-refractivity contribution is 5.81. The van der Waals surface area contributed by atoms with Crippen molar-refractivity contribution < 1.29 is 4.79 Å². The summed E-state index contributed by atoms with van der Waals surface area (Å²) in [5.74, 6) is 1.34. The quantitative estimate of drug-likeness (QED) is 0.681. The molecule has 1 heterocycles. The lowest BCUT2D eigenvalue weighted by Crippen LogP contribution is -2.42. The highest BCUT2D eigenvalue weighted by Gasteiger charge is 2.33. The molecule has 2 rings (SSSR count). The molecule has 0 spiro atoms. The first-order valence-corrected chi connectivity index (χ1v) is 6.72. The Balaban J connectivity index is 1.83. The number of hydrogen-bond acceptors (Lipinski definition) is 2. The second-order valence-electron chi connectivity index (χ2n) is 6.61. The normalized spacial score (nSPS) is 29.9. The van der Waals surface area contributed by atoms with Crippen molar-refractivity contribution in [3.63, 3.8) is 0 Å². The standard InChI is InChI=1S/C14H25NO/c1-14(2,3)11-6-8-15(9-7-11)12-4-5-13(16)10-12/h11-12H,4-10H2,1-3H3. The second kappa shape index (κ2) is 4.48. The minimum atomic E-state index is 0.456. The molecule has 1 aliphatic heterocycles. The highest BCUT2D eigenvalue weighted by Crippen LogP contribution is 2.35. The molecule has 16 heavy (non-hydrogen) atoms. The minimum absolute atomic E-state index is 0.456. The van der Waals surface area contributed by atoms with Crippen molar-refractivity contribution in [1.82, 2.24) is 4.90 Å². The molecule has 0 aromatic rings. The van der Waals surface area contributed by atoms with Crippen LogP contribution in [0.5, 0.6) is 0 Å². The summed E-state index contributed by atoms with van der Waals surface area (Å²) in [5, 5.41) is 0. The van der Waals surface area contributed by atoms with Gasteiger partial charge in [-0.2, -0.15) is 0 Å². The molecule has 0 bridgehead atoms. The van der Waals surface area contributed by atoms with Gasteiger partial charge in [0.25, 0.3) is 0 Å². The van der Waals surface area contributed by atoms with Gasteiger partial charge in [0.1, 0.15) is 5.78 Å². The Hall–Kier alpha value is -0.370. The van der Waals surface area contributed by atoms with E-state index in [4.69, 9.17) is 0 Å². The van der Waals surface area contributed by atoms with Crippen LogP contribution in [0, 0.1) is 11.3 Å². The zero-order chi connectivity index (χ0) is 11.8. The van der Waals surface area contributed by atoms with Crippen molar-refractivity contribution in [3.05, 3.63) is 0 Å². The van der Waals surface area contributed by atoms with Crippen LogP contribution in [0.25, 0.3) is 0 Å². The number of ketones is 1. The number of carbonyl (C=O) groups is 1. The number of rotatable bonds is 1. The molecule has 1 unspecified atom stereocenters. The fourth-order valence-corrected chi connectivity index (χ4v) is 3.24. The van der Waals surface area contributed by atoms with E-state index >= 15 is 0 Å². The number of likely N-dealkylation sites (tertiary alicyclic amines) is 1. The number of piperidine rings is 1. The van der Waals surface area contributed by atoms with E-state index in [9.17, 15) is 4.79 Å². The third-order valence-electron chi connectivity index (χ3n) is 4.49. The lowest BCUT2D eigenvalue weighted by molar-refractivity contribution is -0.117. The number of nitrogens with zero attached hydrogens (tertiary/aromatic N) is 1. The lowest BCUT2D eigenvalue weighted by Gasteiger charge is -2.40. The van der Waals surface area contributed by atoms with E-state index < -0.39 is 0 Å². The van der Waals surface area contributed by atoms with Crippen molar-refractivity contribution in [2.24, 2.45) is 11.3 Å². The van der Waals surface area contributed by atoms with Gasteiger partial charge < -0.3 is 0 Å². The van der Waals surface area contributed by atoms with Gasteiger partial charge in [0, 0.05) is 18.9 Å². The number of hydrogen-bond donors (Lipinski definition) is 0. The smallest absolute Gasteiger partial charge is 0.134 e. The van der Waals surface area contributed by atoms with E-state index in [1.807, 2.05) is 0 Å². The summed E-state index contributed by atoms with van der Waals surface area (Å²) in [6.07, 6.45) is 5.38. The van der Waals surface area contributed by atoms with Gasteiger partial charge >= 0.3 is 0 Å². The zero-order valence-corrected chi connectivity index (χ0v) is 11.0. The first-order valence-electron chi connectivity index (χ1n) is 6.72. The molecule has 2 aliphatic rings. The van der Waals surface area contributed by atoms with Crippen LogP contribution >= 0.6 is 0 Å². The van der Waals surface area contributed by atoms with E-state index in [2.05, 4.69) is 25.7 Å². The van der Waals surface area contributed by atoms with Gasteiger partial charge in [-0.3, -0.25) is 9.69 Å². The molecule has 1 saturated carbocycles. The summed E-state index contributed by atoms with van der Waals surface area (Å²) in [6.45, 7) is 9.48. The fraction of sp³-hybridized carbons (Fsp3) is 0.929. The van der Waals surface area contributed by atoms with Crippen LogP contribution in [0.3, 0.4) is 0 Å². The average molecular weight is 223 g/mol. The molecular formula is C14H25NO. The Morgan fingerprint density at radius 2 is 1.75 bits per heavy atom. The molecule has 2 nitrogen and oxygen atoms in total. The van der Waals surface area contributed by atoms with E-state index in [1.54, 1.807) is 0 Å². The first-order chi connectivity index (χ1) is 7.47. The van der Waals surface area contributed by atoms with E-state index in [-0.39, 0.29) is 0 Å². The maximum Gasteiger partial charge on any atom is 0.134 e. The Kier molecular flexibility index (Phi) is 3.39. The van der Waals surface area contributed by atoms with Crippen LogP contribution < -0.4 is 0 Å². The topological polar surface area (TPSA) is 20.3 Å².